The van der Waals surface area contributed by atoms with Gasteiger partial charge in [0.05, 0.1) is 12.6 Å². The van der Waals surface area contributed by atoms with Crippen LogP contribution in [0.15, 0.2) is 30.3 Å². The minimum absolute atomic E-state index is 0.0919. The van der Waals surface area contributed by atoms with Gasteiger partial charge in [-0.05, 0) is 87.0 Å². The first-order valence-corrected chi connectivity index (χ1v) is 20.0. The molecule has 3 aliphatic carbocycles. The fourth-order valence-corrected chi connectivity index (χ4v) is 8.48. The average Bonchev–Trinajstić information content (AvgIpc) is 3.62. The summed E-state index contributed by atoms with van der Waals surface area (Å²) in [6.45, 7) is 14.0. The molecule has 1 aromatic carbocycles. The van der Waals surface area contributed by atoms with E-state index in [1.165, 1.54) is 0 Å². The van der Waals surface area contributed by atoms with Crippen LogP contribution in [-0.4, -0.2) is 83.0 Å². The van der Waals surface area contributed by atoms with E-state index < -0.39 is 77.2 Å². The Morgan fingerprint density at radius 3 is 2.09 bits per heavy atom. The molecule has 13 heteroatoms. The summed E-state index contributed by atoms with van der Waals surface area (Å²) in [7, 11) is 0. The second-order valence-electron chi connectivity index (χ2n) is 18.8. The summed E-state index contributed by atoms with van der Waals surface area (Å²) in [5, 5.41) is 10.8. The largest absolute Gasteiger partial charge is 0.444 e. The first kappa shape index (κ1) is 41.9. The molecule has 4 N–H and O–H groups in total. The van der Waals surface area contributed by atoms with E-state index in [1.807, 2.05) is 20.8 Å². The van der Waals surface area contributed by atoms with E-state index in [2.05, 4.69) is 21.3 Å². The molecule has 55 heavy (non-hydrogen) atoms. The number of nitrogens with zero attached hydrogens (tertiary/aromatic N) is 1. The number of alkyl carbamates (subject to hydrolysis) is 1. The summed E-state index contributed by atoms with van der Waals surface area (Å²) < 4.78 is 5.49. The van der Waals surface area contributed by atoms with Crippen molar-refractivity contribution >= 4 is 41.3 Å². The number of ketones is 2. The van der Waals surface area contributed by atoms with Gasteiger partial charge in [-0.25, -0.2) is 4.79 Å². The fourth-order valence-electron chi connectivity index (χ4n) is 8.48. The Labute approximate surface area is 325 Å². The second kappa shape index (κ2) is 16.4. The third-order valence-corrected chi connectivity index (χ3v) is 11.8. The highest BCUT2D eigenvalue weighted by atomic mass is 16.6. The lowest BCUT2D eigenvalue weighted by Crippen LogP contribution is -2.60. The number of carbonyl (C=O) groups is 7. The van der Waals surface area contributed by atoms with E-state index in [9.17, 15) is 33.6 Å². The van der Waals surface area contributed by atoms with Crippen LogP contribution < -0.4 is 21.3 Å². The van der Waals surface area contributed by atoms with E-state index >= 15 is 0 Å². The van der Waals surface area contributed by atoms with Crippen LogP contribution in [-0.2, 0) is 33.5 Å². The van der Waals surface area contributed by atoms with Gasteiger partial charge >= 0.3 is 6.09 Å². The molecule has 1 heterocycles. The Kier molecular flexibility index (Phi) is 12.5. The molecular weight excluding hydrogens is 702 g/mol. The lowest BCUT2D eigenvalue weighted by atomic mass is 9.80. The molecule has 4 aliphatic rings. The Morgan fingerprint density at radius 1 is 0.891 bits per heavy atom. The number of amides is 5. The van der Waals surface area contributed by atoms with Gasteiger partial charge in [0.15, 0.2) is 5.78 Å². The summed E-state index contributed by atoms with van der Waals surface area (Å²) in [6.07, 6.45) is 6.10. The third-order valence-electron chi connectivity index (χ3n) is 11.8. The van der Waals surface area contributed by atoms with Gasteiger partial charge in [-0.15, -0.1) is 0 Å². The first-order valence-electron chi connectivity index (χ1n) is 20.0. The van der Waals surface area contributed by atoms with Gasteiger partial charge in [0.25, 0.3) is 5.91 Å². The normalized spacial score (nSPS) is 23.1. The number of ether oxygens (including phenoxy) is 1. The van der Waals surface area contributed by atoms with Crippen LogP contribution in [0.25, 0.3) is 0 Å². The molecule has 3 saturated carbocycles. The molecule has 302 valence electrons. The van der Waals surface area contributed by atoms with Crippen LogP contribution in [0.3, 0.4) is 0 Å². The van der Waals surface area contributed by atoms with E-state index in [1.54, 1.807) is 69.9 Å². The molecule has 5 rings (SSSR count). The topological polar surface area (TPSA) is 180 Å². The molecule has 1 saturated heterocycles. The predicted octanol–water partition coefficient (Wildman–Crippen LogP) is 4.39. The van der Waals surface area contributed by atoms with Crippen molar-refractivity contribution in [1.29, 1.82) is 0 Å². The molecule has 13 nitrogen and oxygen atoms in total. The SMILES string of the molecule is CC(C)C(=O)[C@@H](NC(=O)CNC(=O)C(=O)C(CC1CCC1)NC(=O)[C@@H]1[C@H]2CC3(CC3)C[C@H]2CN1C(=O)[C@@H](NC(=O)OC(C)(C)C)C(C)(C)C)c1ccccc1. The van der Waals surface area contributed by atoms with Gasteiger partial charge in [-0.1, -0.05) is 84.2 Å². The monoisotopic (exact) mass is 763 g/mol. The molecular formula is C42H61N5O8. The molecule has 0 bridgehead atoms. The smallest absolute Gasteiger partial charge is 0.408 e. The summed E-state index contributed by atoms with van der Waals surface area (Å²) >= 11 is 0. The third kappa shape index (κ3) is 10.3. The van der Waals surface area contributed by atoms with Gasteiger partial charge < -0.3 is 30.9 Å². The van der Waals surface area contributed by atoms with Crippen molar-refractivity contribution in [2.24, 2.45) is 34.5 Å². The zero-order valence-electron chi connectivity index (χ0n) is 33.8. The Morgan fingerprint density at radius 2 is 1.55 bits per heavy atom. The molecule has 1 aliphatic heterocycles. The summed E-state index contributed by atoms with van der Waals surface area (Å²) in [5.74, 6) is -3.88. The number of hydrogen-bond donors (Lipinski definition) is 4. The van der Waals surface area contributed by atoms with Crippen LogP contribution in [0.2, 0.25) is 0 Å². The maximum Gasteiger partial charge on any atom is 0.408 e. The summed E-state index contributed by atoms with van der Waals surface area (Å²) in [5.41, 5.74) is -0.717. The molecule has 6 atom stereocenters. The van der Waals surface area contributed by atoms with Crippen molar-refractivity contribution in [2.45, 2.75) is 137 Å². The van der Waals surface area contributed by atoms with E-state index in [0.717, 1.165) is 44.9 Å². The number of fused-ring (bicyclic) bond motifs is 1. The van der Waals surface area contributed by atoms with Gasteiger partial charge in [-0.2, -0.15) is 0 Å². The predicted molar refractivity (Wildman–Crippen MR) is 205 cm³/mol. The van der Waals surface area contributed by atoms with E-state index in [0.29, 0.717) is 12.1 Å². The summed E-state index contributed by atoms with van der Waals surface area (Å²) in [4.78, 5) is 96.6. The van der Waals surface area contributed by atoms with Crippen molar-refractivity contribution in [3.63, 3.8) is 0 Å². The first-order chi connectivity index (χ1) is 25.7. The van der Waals surface area contributed by atoms with Gasteiger partial charge in [-0.3, -0.25) is 28.8 Å². The maximum absolute atomic E-state index is 14.5. The highest BCUT2D eigenvalue weighted by molar-refractivity contribution is 6.38. The second-order valence-corrected chi connectivity index (χ2v) is 18.8. The number of rotatable bonds is 14. The molecule has 5 amide bonds. The zero-order chi connectivity index (χ0) is 40.5. The van der Waals surface area contributed by atoms with Gasteiger partial charge in [0, 0.05) is 12.5 Å². The van der Waals surface area contributed by atoms with Crippen molar-refractivity contribution < 1.29 is 38.3 Å². The van der Waals surface area contributed by atoms with Crippen LogP contribution in [0, 0.1) is 34.5 Å². The zero-order valence-corrected chi connectivity index (χ0v) is 33.8. The van der Waals surface area contributed by atoms with Crippen molar-refractivity contribution in [3.05, 3.63) is 35.9 Å². The highest BCUT2D eigenvalue weighted by Gasteiger charge is 2.61. The van der Waals surface area contributed by atoms with E-state index in [-0.39, 0.29) is 41.3 Å². The van der Waals surface area contributed by atoms with Crippen LogP contribution >= 0.6 is 0 Å². The van der Waals surface area contributed by atoms with Crippen LogP contribution in [0.1, 0.15) is 118 Å². The number of Topliss-reactive ketones (excluding diaryl/α,β-unsaturated/α-hetero) is 2. The minimum atomic E-state index is -1.16. The van der Waals surface area contributed by atoms with E-state index in [4.69, 9.17) is 4.74 Å². The number of hydrogen-bond acceptors (Lipinski definition) is 8. The van der Waals surface area contributed by atoms with Crippen LogP contribution in [0.4, 0.5) is 4.79 Å². The molecule has 1 spiro atoms. The van der Waals surface area contributed by atoms with Crippen molar-refractivity contribution in [2.75, 3.05) is 13.1 Å². The van der Waals surface area contributed by atoms with Gasteiger partial charge in [0.2, 0.25) is 23.5 Å². The molecule has 1 aromatic rings. The standard InChI is InChI=1S/C42H61N5O8/c1-24(2)33(49)31(26-15-10-9-11-16-26)45-30(48)22-43-37(52)34(50)29(19-25-13-12-14-25)44-36(51)32-28-21-42(17-18-42)20-27(28)23-47(32)38(53)35(40(3,4)5)46-39(54)55-41(6,7)8/h9-11,15-16,24-25,27-29,31-32,35H,12-14,17-23H2,1-8H3,(H,43,52)(H,44,51)(H,45,48)(H,46,54)/t27-,28-,29?,31-,32-,35+/m0/s1. The minimum Gasteiger partial charge on any atom is -0.444 e. The van der Waals surface area contributed by atoms with Crippen molar-refractivity contribution in [1.82, 2.24) is 26.2 Å². The summed E-state index contributed by atoms with van der Waals surface area (Å²) in [6, 6.07) is 4.84. The fraction of sp³-hybridized carbons (Fsp3) is 0.690. The van der Waals surface area contributed by atoms with Crippen molar-refractivity contribution in [3.8, 4) is 0 Å². The lowest BCUT2D eigenvalue weighted by Gasteiger charge is -2.37. The maximum atomic E-state index is 14.5. The lowest BCUT2D eigenvalue weighted by molar-refractivity contribution is -0.145. The van der Waals surface area contributed by atoms with Gasteiger partial charge in [0.1, 0.15) is 23.7 Å². The average molecular weight is 764 g/mol. The highest BCUT2D eigenvalue weighted by Crippen LogP contribution is 2.64. The number of likely N-dealkylation sites (tertiary alicyclic amines) is 1. The number of carbonyl (C=O) groups excluding carboxylic acids is 7. The Hall–Kier alpha value is -4.29. The van der Waals surface area contributed by atoms with Crippen LogP contribution in [0.5, 0.6) is 0 Å². The molecule has 0 aromatic heterocycles. The Bertz CT molecular complexity index is 1640. The molecule has 4 fully saturated rings. The molecule has 1 unspecified atom stereocenters. The molecule has 0 radical (unpaired) electrons. The number of nitrogens with one attached hydrogen (secondary N) is 4. The number of benzene rings is 1. The Balaban J connectivity index is 1.31. The quantitative estimate of drug-likeness (QED) is 0.202.